The van der Waals surface area contributed by atoms with Crippen molar-refractivity contribution in [2.75, 3.05) is 12.4 Å². The fourth-order valence-corrected chi connectivity index (χ4v) is 5.14. The molecular weight excluding hydrogens is 455 g/mol. The van der Waals surface area contributed by atoms with E-state index in [4.69, 9.17) is 4.74 Å². The van der Waals surface area contributed by atoms with E-state index in [0.29, 0.717) is 18.5 Å². The van der Waals surface area contributed by atoms with Crippen LogP contribution in [-0.4, -0.2) is 27.5 Å². The Labute approximate surface area is 200 Å². The van der Waals surface area contributed by atoms with E-state index in [1.807, 2.05) is 62.4 Å². The van der Waals surface area contributed by atoms with E-state index in [1.54, 1.807) is 0 Å². The Morgan fingerprint density at radius 3 is 2.21 bits per heavy atom. The van der Waals surface area contributed by atoms with Crippen LogP contribution in [-0.2, 0) is 34.1 Å². The minimum Gasteiger partial charge on any atom is -0.495 e. The highest BCUT2D eigenvalue weighted by molar-refractivity contribution is 7.89. The largest absolute Gasteiger partial charge is 0.495 e. The normalized spacial score (nSPS) is 12.2. The second-order valence-electron chi connectivity index (χ2n) is 7.81. The molecule has 180 valence electrons. The molecule has 1 amide bonds. The standard InChI is InChI=1S/C26H29FN2O4S/c1-4-19-12-9-13-20(5-2)25(19)28-26(30)22(16-18-10-7-6-8-11-18)29-34(31,32)24-17-21(27)14-15-23(24)33-3/h6-15,17,22,29H,4-5,16H2,1-3H3,(H,28,30). The highest BCUT2D eigenvalue weighted by atomic mass is 32.2. The number of halogens is 1. The molecule has 0 aliphatic carbocycles. The summed E-state index contributed by atoms with van der Waals surface area (Å²) in [5.74, 6) is -1.24. The van der Waals surface area contributed by atoms with Gasteiger partial charge in [0.1, 0.15) is 22.5 Å². The topological polar surface area (TPSA) is 84.5 Å². The summed E-state index contributed by atoms with van der Waals surface area (Å²) in [7, 11) is -2.99. The van der Waals surface area contributed by atoms with E-state index in [-0.39, 0.29) is 17.1 Å². The zero-order valence-corrected chi connectivity index (χ0v) is 20.3. The van der Waals surface area contributed by atoms with Crippen LogP contribution in [0.3, 0.4) is 0 Å². The van der Waals surface area contributed by atoms with Crippen LogP contribution in [0.15, 0.2) is 71.6 Å². The van der Waals surface area contributed by atoms with Gasteiger partial charge in [0.15, 0.2) is 0 Å². The van der Waals surface area contributed by atoms with Crippen molar-refractivity contribution >= 4 is 21.6 Å². The molecule has 0 radical (unpaired) electrons. The summed E-state index contributed by atoms with van der Waals surface area (Å²) in [6, 6.07) is 17.0. The smallest absolute Gasteiger partial charge is 0.245 e. The van der Waals surface area contributed by atoms with Crippen LogP contribution in [0, 0.1) is 5.82 Å². The Hall–Kier alpha value is -3.23. The molecule has 6 nitrogen and oxygen atoms in total. The predicted octanol–water partition coefficient (Wildman–Crippen LogP) is 4.49. The number of ether oxygens (including phenoxy) is 1. The van der Waals surface area contributed by atoms with Crippen molar-refractivity contribution in [3.63, 3.8) is 0 Å². The van der Waals surface area contributed by atoms with Crippen LogP contribution in [0.1, 0.15) is 30.5 Å². The maximum atomic E-state index is 13.9. The molecule has 0 bridgehead atoms. The van der Waals surface area contributed by atoms with Crippen molar-refractivity contribution in [2.45, 2.75) is 44.0 Å². The number of benzene rings is 3. The molecule has 0 aliphatic heterocycles. The predicted molar refractivity (Wildman–Crippen MR) is 131 cm³/mol. The molecule has 3 rings (SSSR count). The summed E-state index contributed by atoms with van der Waals surface area (Å²) in [6.07, 6.45) is 1.53. The molecule has 1 atom stereocenters. The maximum Gasteiger partial charge on any atom is 0.245 e. The van der Waals surface area contributed by atoms with Crippen molar-refractivity contribution in [1.29, 1.82) is 0 Å². The number of rotatable bonds is 10. The number of para-hydroxylation sites is 1. The first kappa shape index (κ1) is 25.4. The van der Waals surface area contributed by atoms with Gasteiger partial charge < -0.3 is 10.1 Å². The second-order valence-corrected chi connectivity index (χ2v) is 9.49. The van der Waals surface area contributed by atoms with Gasteiger partial charge in [-0.25, -0.2) is 12.8 Å². The Morgan fingerprint density at radius 2 is 1.62 bits per heavy atom. The lowest BCUT2D eigenvalue weighted by atomic mass is 10.0. The molecule has 0 saturated carbocycles. The van der Waals surface area contributed by atoms with Gasteiger partial charge in [-0.2, -0.15) is 4.72 Å². The zero-order chi connectivity index (χ0) is 24.7. The van der Waals surface area contributed by atoms with E-state index < -0.39 is 27.8 Å². The molecule has 0 aromatic heterocycles. The number of hydrogen-bond acceptors (Lipinski definition) is 4. The monoisotopic (exact) mass is 484 g/mol. The summed E-state index contributed by atoms with van der Waals surface area (Å²) in [4.78, 5) is 13.1. The van der Waals surface area contributed by atoms with Gasteiger partial charge in [-0.3, -0.25) is 4.79 Å². The number of anilines is 1. The van der Waals surface area contributed by atoms with Crippen LogP contribution >= 0.6 is 0 Å². The van der Waals surface area contributed by atoms with E-state index >= 15 is 0 Å². The third-order valence-electron chi connectivity index (χ3n) is 5.56. The quantitative estimate of drug-likeness (QED) is 0.444. The Morgan fingerprint density at radius 1 is 0.971 bits per heavy atom. The number of sulfonamides is 1. The van der Waals surface area contributed by atoms with Gasteiger partial charge in [-0.05, 0) is 54.2 Å². The minimum atomic E-state index is -4.29. The zero-order valence-electron chi connectivity index (χ0n) is 19.5. The van der Waals surface area contributed by atoms with E-state index in [2.05, 4.69) is 10.0 Å². The van der Waals surface area contributed by atoms with Crippen LogP contribution in [0.2, 0.25) is 0 Å². The second kappa shape index (κ2) is 11.3. The number of carbonyl (C=O) groups excluding carboxylic acids is 1. The number of carbonyl (C=O) groups is 1. The van der Waals surface area contributed by atoms with E-state index in [0.717, 1.165) is 28.8 Å². The fourth-order valence-electron chi connectivity index (χ4n) is 3.76. The lowest BCUT2D eigenvalue weighted by Crippen LogP contribution is -2.45. The molecule has 0 saturated heterocycles. The van der Waals surface area contributed by atoms with Crippen LogP contribution in [0.5, 0.6) is 5.75 Å². The molecule has 0 spiro atoms. The van der Waals surface area contributed by atoms with Gasteiger partial charge in [-0.1, -0.05) is 62.4 Å². The van der Waals surface area contributed by atoms with Gasteiger partial charge in [0, 0.05) is 5.69 Å². The molecule has 0 fully saturated rings. The third kappa shape index (κ3) is 6.01. The lowest BCUT2D eigenvalue weighted by Gasteiger charge is -2.22. The summed E-state index contributed by atoms with van der Waals surface area (Å²) < 4.78 is 47.9. The van der Waals surface area contributed by atoms with Crippen molar-refractivity contribution in [2.24, 2.45) is 0 Å². The van der Waals surface area contributed by atoms with Gasteiger partial charge >= 0.3 is 0 Å². The Balaban J connectivity index is 1.98. The summed E-state index contributed by atoms with van der Waals surface area (Å²) in [5, 5.41) is 2.94. The van der Waals surface area contributed by atoms with Gasteiger partial charge in [0.25, 0.3) is 0 Å². The van der Waals surface area contributed by atoms with Crippen molar-refractivity contribution in [3.05, 3.63) is 89.2 Å². The average Bonchev–Trinajstić information content (AvgIpc) is 2.84. The van der Waals surface area contributed by atoms with Crippen LogP contribution < -0.4 is 14.8 Å². The number of aryl methyl sites for hydroxylation is 2. The summed E-state index contributed by atoms with van der Waals surface area (Å²) in [6.45, 7) is 3.98. The van der Waals surface area contributed by atoms with Gasteiger partial charge in [-0.15, -0.1) is 0 Å². The molecular formula is C26H29FN2O4S. The minimum absolute atomic E-state index is 0.0163. The fraction of sp³-hybridized carbons (Fsp3) is 0.269. The number of hydrogen-bond donors (Lipinski definition) is 2. The third-order valence-corrected chi connectivity index (χ3v) is 7.05. The number of nitrogens with one attached hydrogen (secondary N) is 2. The molecule has 2 N–H and O–H groups in total. The van der Waals surface area contributed by atoms with E-state index in [9.17, 15) is 17.6 Å². The molecule has 0 heterocycles. The Kier molecular flexibility index (Phi) is 8.41. The first-order valence-corrected chi connectivity index (χ1v) is 12.6. The van der Waals surface area contributed by atoms with Crippen molar-refractivity contribution in [3.8, 4) is 5.75 Å². The van der Waals surface area contributed by atoms with Gasteiger partial charge in [0.05, 0.1) is 7.11 Å². The lowest BCUT2D eigenvalue weighted by molar-refractivity contribution is -0.117. The van der Waals surface area contributed by atoms with Crippen LogP contribution in [0.4, 0.5) is 10.1 Å². The van der Waals surface area contributed by atoms with Crippen molar-refractivity contribution in [1.82, 2.24) is 4.72 Å². The number of methoxy groups -OCH3 is 1. The SMILES string of the molecule is CCc1cccc(CC)c1NC(=O)C(Cc1ccccc1)NS(=O)(=O)c1cc(F)ccc1OC. The van der Waals surface area contributed by atoms with Gasteiger partial charge in [0.2, 0.25) is 15.9 Å². The molecule has 3 aromatic rings. The van der Waals surface area contributed by atoms with Crippen molar-refractivity contribution < 1.29 is 22.3 Å². The Bertz CT molecular complexity index is 1220. The molecule has 3 aromatic carbocycles. The first-order chi connectivity index (χ1) is 16.3. The van der Waals surface area contributed by atoms with E-state index in [1.165, 1.54) is 13.2 Å². The molecule has 0 aliphatic rings. The number of amides is 1. The van der Waals surface area contributed by atoms with Crippen LogP contribution in [0.25, 0.3) is 0 Å². The average molecular weight is 485 g/mol. The summed E-state index contributed by atoms with van der Waals surface area (Å²) >= 11 is 0. The summed E-state index contributed by atoms with van der Waals surface area (Å²) in [5.41, 5.74) is 3.38. The molecule has 34 heavy (non-hydrogen) atoms. The maximum absolute atomic E-state index is 13.9. The first-order valence-electron chi connectivity index (χ1n) is 11.1. The highest BCUT2D eigenvalue weighted by Crippen LogP contribution is 2.26. The highest BCUT2D eigenvalue weighted by Gasteiger charge is 2.29. The molecule has 8 heteroatoms. The molecule has 1 unspecified atom stereocenters.